The van der Waals surface area contributed by atoms with Crippen molar-refractivity contribution in [3.05, 3.63) is 38.3 Å². The lowest BCUT2D eigenvalue weighted by Crippen LogP contribution is -2.14. The maximum absolute atomic E-state index is 10.5. The molecule has 0 saturated heterocycles. The molecule has 0 bridgehead atoms. The summed E-state index contributed by atoms with van der Waals surface area (Å²) >= 11 is 3.14. The largest absolute Gasteiger partial charge is 0.394 e. The van der Waals surface area contributed by atoms with Crippen LogP contribution < -0.4 is 5.73 Å². The second-order valence-corrected chi connectivity index (χ2v) is 3.70. The van der Waals surface area contributed by atoms with Gasteiger partial charge in [-0.15, -0.1) is 0 Å². The second kappa shape index (κ2) is 4.50. The van der Waals surface area contributed by atoms with Gasteiger partial charge in [-0.2, -0.15) is 0 Å². The van der Waals surface area contributed by atoms with E-state index in [1.807, 2.05) is 0 Å². The van der Waals surface area contributed by atoms with E-state index in [2.05, 4.69) is 15.9 Å². The predicted octanol–water partition coefficient (Wildman–Crippen LogP) is 1.35. The van der Waals surface area contributed by atoms with Crippen LogP contribution in [0.5, 0.6) is 0 Å². The van der Waals surface area contributed by atoms with Crippen LogP contribution in [0.15, 0.2) is 22.7 Å². The molecule has 0 unspecified atom stereocenters. The van der Waals surface area contributed by atoms with Crippen LogP contribution in [-0.2, 0) is 0 Å². The van der Waals surface area contributed by atoms with Crippen molar-refractivity contribution in [3.63, 3.8) is 0 Å². The van der Waals surface area contributed by atoms with E-state index in [-0.39, 0.29) is 12.3 Å². The lowest BCUT2D eigenvalue weighted by Gasteiger charge is -2.08. The number of rotatable bonds is 3. The number of halogens is 1. The molecule has 0 aliphatic heterocycles. The summed E-state index contributed by atoms with van der Waals surface area (Å²) < 4.78 is 0.575. The number of benzene rings is 1. The Balaban J connectivity index is 3.13. The van der Waals surface area contributed by atoms with Gasteiger partial charge >= 0.3 is 0 Å². The molecule has 1 aromatic rings. The fraction of sp³-hybridized carbons (Fsp3) is 0.250. The SMILES string of the molecule is N[C@@H](CO)c1cc(Br)cc([N+](=O)[O-])c1. The first kappa shape index (κ1) is 11.1. The number of hydrogen-bond acceptors (Lipinski definition) is 4. The van der Waals surface area contributed by atoms with Gasteiger partial charge in [-0.1, -0.05) is 15.9 Å². The highest BCUT2D eigenvalue weighted by atomic mass is 79.9. The third-order valence-electron chi connectivity index (χ3n) is 1.74. The number of aliphatic hydroxyl groups excluding tert-OH is 1. The Kier molecular flexibility index (Phi) is 3.56. The third kappa shape index (κ3) is 2.50. The van der Waals surface area contributed by atoms with Crippen LogP contribution in [0.3, 0.4) is 0 Å². The summed E-state index contributed by atoms with van der Waals surface area (Å²) in [5, 5.41) is 19.3. The fourth-order valence-corrected chi connectivity index (χ4v) is 1.52. The molecule has 1 atom stereocenters. The van der Waals surface area contributed by atoms with Crippen molar-refractivity contribution in [2.24, 2.45) is 5.73 Å². The number of nitrogens with two attached hydrogens (primary N) is 1. The van der Waals surface area contributed by atoms with Crippen molar-refractivity contribution in [3.8, 4) is 0 Å². The van der Waals surface area contributed by atoms with Gasteiger partial charge in [0.25, 0.3) is 5.69 Å². The molecule has 0 saturated carbocycles. The first-order chi connectivity index (χ1) is 6.54. The van der Waals surface area contributed by atoms with Crippen molar-refractivity contribution in [2.45, 2.75) is 6.04 Å². The first-order valence-electron chi connectivity index (χ1n) is 3.86. The maximum atomic E-state index is 10.5. The Bertz CT molecular complexity index is 356. The standard InChI is InChI=1S/C8H9BrN2O3/c9-6-1-5(8(10)4-12)2-7(3-6)11(13)14/h1-3,8,12H,4,10H2/t8-/m0/s1. The van der Waals surface area contributed by atoms with Crippen LogP contribution >= 0.6 is 15.9 Å². The van der Waals surface area contributed by atoms with E-state index in [0.29, 0.717) is 10.0 Å². The van der Waals surface area contributed by atoms with Gasteiger partial charge in [0.1, 0.15) is 0 Å². The minimum atomic E-state index is -0.591. The molecular weight excluding hydrogens is 252 g/mol. The van der Waals surface area contributed by atoms with Gasteiger partial charge in [-0.3, -0.25) is 10.1 Å². The summed E-state index contributed by atoms with van der Waals surface area (Å²) in [6.07, 6.45) is 0. The topological polar surface area (TPSA) is 89.4 Å². The van der Waals surface area contributed by atoms with Crippen molar-refractivity contribution >= 4 is 21.6 Å². The van der Waals surface area contributed by atoms with Crippen LogP contribution in [0.1, 0.15) is 11.6 Å². The molecule has 76 valence electrons. The monoisotopic (exact) mass is 260 g/mol. The molecule has 1 rings (SSSR count). The van der Waals surface area contributed by atoms with Gasteiger partial charge in [0, 0.05) is 16.6 Å². The molecular formula is C8H9BrN2O3. The highest BCUT2D eigenvalue weighted by Crippen LogP contribution is 2.24. The van der Waals surface area contributed by atoms with Crippen LogP contribution in [0.25, 0.3) is 0 Å². The van der Waals surface area contributed by atoms with E-state index in [1.165, 1.54) is 12.1 Å². The lowest BCUT2D eigenvalue weighted by atomic mass is 10.1. The van der Waals surface area contributed by atoms with Crippen LogP contribution in [0.2, 0.25) is 0 Å². The molecule has 0 heterocycles. The number of aliphatic hydroxyl groups is 1. The molecule has 0 amide bonds. The normalized spacial score (nSPS) is 12.5. The molecule has 14 heavy (non-hydrogen) atoms. The van der Waals surface area contributed by atoms with Crippen molar-refractivity contribution < 1.29 is 10.0 Å². The molecule has 0 radical (unpaired) electrons. The average molecular weight is 261 g/mol. The maximum Gasteiger partial charge on any atom is 0.270 e. The Labute approximate surface area is 88.8 Å². The molecule has 0 aromatic heterocycles. The highest BCUT2D eigenvalue weighted by molar-refractivity contribution is 9.10. The first-order valence-corrected chi connectivity index (χ1v) is 4.65. The summed E-state index contributed by atoms with van der Waals surface area (Å²) in [6, 6.07) is 3.79. The molecule has 0 aliphatic carbocycles. The van der Waals surface area contributed by atoms with Crippen LogP contribution in [0, 0.1) is 10.1 Å². The summed E-state index contributed by atoms with van der Waals surface area (Å²) in [5.74, 6) is 0. The number of non-ortho nitro benzene ring substituents is 1. The summed E-state index contributed by atoms with van der Waals surface area (Å²) in [6.45, 7) is -0.242. The molecule has 0 fully saturated rings. The van der Waals surface area contributed by atoms with E-state index in [0.717, 1.165) is 0 Å². The van der Waals surface area contributed by atoms with Gasteiger partial charge in [0.2, 0.25) is 0 Å². The number of nitro groups is 1. The van der Waals surface area contributed by atoms with Crippen LogP contribution in [-0.4, -0.2) is 16.6 Å². The van der Waals surface area contributed by atoms with Gasteiger partial charge in [0.15, 0.2) is 0 Å². The zero-order chi connectivity index (χ0) is 10.7. The Hall–Kier alpha value is -0.980. The third-order valence-corrected chi connectivity index (χ3v) is 2.20. The van der Waals surface area contributed by atoms with Crippen LogP contribution in [0.4, 0.5) is 5.69 Å². The summed E-state index contributed by atoms with van der Waals surface area (Å²) in [5.41, 5.74) is 6.03. The smallest absolute Gasteiger partial charge is 0.270 e. The lowest BCUT2D eigenvalue weighted by molar-refractivity contribution is -0.385. The van der Waals surface area contributed by atoms with E-state index < -0.39 is 11.0 Å². The van der Waals surface area contributed by atoms with Gasteiger partial charge in [0.05, 0.1) is 17.6 Å². The summed E-state index contributed by atoms with van der Waals surface area (Å²) in [4.78, 5) is 10.00. The molecule has 5 nitrogen and oxygen atoms in total. The zero-order valence-electron chi connectivity index (χ0n) is 7.18. The van der Waals surface area contributed by atoms with E-state index >= 15 is 0 Å². The van der Waals surface area contributed by atoms with Gasteiger partial charge in [-0.05, 0) is 11.6 Å². The Morgan fingerprint density at radius 2 is 2.21 bits per heavy atom. The van der Waals surface area contributed by atoms with Gasteiger partial charge in [-0.25, -0.2) is 0 Å². The quantitative estimate of drug-likeness (QED) is 0.634. The Morgan fingerprint density at radius 3 is 2.71 bits per heavy atom. The van der Waals surface area contributed by atoms with E-state index in [1.54, 1.807) is 6.07 Å². The molecule has 3 N–H and O–H groups in total. The minimum absolute atomic E-state index is 0.0433. The molecule has 6 heteroatoms. The van der Waals surface area contributed by atoms with E-state index in [9.17, 15) is 10.1 Å². The number of hydrogen-bond donors (Lipinski definition) is 2. The van der Waals surface area contributed by atoms with Crippen molar-refractivity contribution in [1.82, 2.24) is 0 Å². The minimum Gasteiger partial charge on any atom is -0.394 e. The number of nitro benzene ring substituents is 1. The molecule has 0 spiro atoms. The summed E-state index contributed by atoms with van der Waals surface area (Å²) in [7, 11) is 0. The highest BCUT2D eigenvalue weighted by Gasteiger charge is 2.12. The average Bonchev–Trinajstić information content (AvgIpc) is 2.15. The van der Waals surface area contributed by atoms with Crippen molar-refractivity contribution in [1.29, 1.82) is 0 Å². The van der Waals surface area contributed by atoms with Crippen molar-refractivity contribution in [2.75, 3.05) is 6.61 Å². The molecule has 1 aromatic carbocycles. The zero-order valence-corrected chi connectivity index (χ0v) is 8.77. The second-order valence-electron chi connectivity index (χ2n) is 2.79. The number of nitrogens with zero attached hydrogens (tertiary/aromatic N) is 1. The predicted molar refractivity (Wildman–Crippen MR) is 54.8 cm³/mol. The fourth-order valence-electron chi connectivity index (χ4n) is 1.02. The van der Waals surface area contributed by atoms with Gasteiger partial charge < -0.3 is 10.8 Å². The molecule has 0 aliphatic rings. The van der Waals surface area contributed by atoms with E-state index in [4.69, 9.17) is 10.8 Å². The Morgan fingerprint density at radius 1 is 1.57 bits per heavy atom.